The largest absolute Gasteiger partial charge is 0.370 e. The highest BCUT2D eigenvalue weighted by atomic mass is 15.2. The first-order valence-corrected chi connectivity index (χ1v) is 8.82. The molecule has 4 nitrogen and oxygen atoms in total. The van der Waals surface area contributed by atoms with Crippen LogP contribution in [0.1, 0.15) is 58.8 Å². The number of hydrogen-bond donors (Lipinski definition) is 1. The van der Waals surface area contributed by atoms with Crippen LogP contribution in [0.4, 0.5) is 11.6 Å². The van der Waals surface area contributed by atoms with Crippen molar-refractivity contribution in [3.8, 4) is 0 Å². The van der Waals surface area contributed by atoms with Gasteiger partial charge in [-0.3, -0.25) is 0 Å². The molecule has 0 spiro atoms. The van der Waals surface area contributed by atoms with Crippen molar-refractivity contribution in [3.63, 3.8) is 0 Å². The Balaban J connectivity index is 1.88. The molecule has 0 unspecified atom stereocenters. The van der Waals surface area contributed by atoms with Gasteiger partial charge in [-0.1, -0.05) is 25.5 Å². The normalized spacial score (nSPS) is 14.5. The van der Waals surface area contributed by atoms with Crippen LogP contribution in [0.15, 0.2) is 24.0 Å². The van der Waals surface area contributed by atoms with Crippen LogP contribution >= 0.6 is 0 Å². The van der Waals surface area contributed by atoms with Gasteiger partial charge in [-0.2, -0.15) is 0 Å². The average Bonchev–Trinajstić information content (AvgIpc) is 2.56. The molecule has 0 amide bonds. The van der Waals surface area contributed by atoms with Gasteiger partial charge in [0.2, 0.25) is 0 Å². The fourth-order valence-electron chi connectivity index (χ4n) is 2.98. The van der Waals surface area contributed by atoms with Crippen molar-refractivity contribution in [1.29, 1.82) is 0 Å². The van der Waals surface area contributed by atoms with Crippen molar-refractivity contribution in [3.05, 3.63) is 24.0 Å². The summed E-state index contributed by atoms with van der Waals surface area (Å²) in [4.78, 5) is 11.1. The zero-order valence-electron chi connectivity index (χ0n) is 14.1. The second-order valence-electron chi connectivity index (χ2n) is 6.03. The molecule has 1 aromatic rings. The molecule has 1 heterocycles. The number of anilines is 2. The van der Waals surface area contributed by atoms with Crippen LogP contribution in [0.2, 0.25) is 0 Å². The Kier molecular flexibility index (Phi) is 7.20. The maximum Gasteiger partial charge on any atom is 0.134 e. The predicted molar refractivity (Wildman–Crippen MR) is 94.5 cm³/mol. The molecule has 0 saturated carbocycles. The van der Waals surface area contributed by atoms with Crippen LogP contribution in [0.3, 0.4) is 0 Å². The Morgan fingerprint density at radius 3 is 2.64 bits per heavy atom. The average molecular weight is 302 g/mol. The second kappa shape index (κ2) is 9.44. The van der Waals surface area contributed by atoms with Gasteiger partial charge in [-0.25, -0.2) is 9.97 Å². The van der Waals surface area contributed by atoms with Gasteiger partial charge in [0, 0.05) is 25.7 Å². The van der Waals surface area contributed by atoms with Gasteiger partial charge in [0.05, 0.1) is 0 Å². The van der Waals surface area contributed by atoms with Gasteiger partial charge < -0.3 is 10.2 Å². The van der Waals surface area contributed by atoms with Crippen LogP contribution in [-0.4, -0.2) is 29.6 Å². The van der Waals surface area contributed by atoms with E-state index in [0.29, 0.717) is 0 Å². The van der Waals surface area contributed by atoms with E-state index in [1.165, 1.54) is 25.7 Å². The minimum absolute atomic E-state index is 0.943. The van der Waals surface area contributed by atoms with Crippen LogP contribution in [-0.2, 0) is 0 Å². The standard InChI is InChI=1S/C18H30N4/c1-3-12-22(13-4-2)18-14-17(20-15-21-18)19-11-10-16-8-6-5-7-9-16/h8,14-15H,3-7,9-13H2,1-2H3,(H,19,20,21). The van der Waals surface area contributed by atoms with Crippen LogP contribution in [0.25, 0.3) is 0 Å². The maximum absolute atomic E-state index is 4.44. The first-order chi connectivity index (χ1) is 10.8. The summed E-state index contributed by atoms with van der Waals surface area (Å²) < 4.78 is 0. The fourth-order valence-corrected chi connectivity index (χ4v) is 2.98. The Bertz CT molecular complexity index is 464. The summed E-state index contributed by atoms with van der Waals surface area (Å²) in [6.45, 7) is 7.49. The summed E-state index contributed by atoms with van der Waals surface area (Å²) in [5.41, 5.74) is 1.60. The minimum atomic E-state index is 0.943. The van der Waals surface area contributed by atoms with Crippen molar-refractivity contribution in [2.45, 2.75) is 58.8 Å². The van der Waals surface area contributed by atoms with Crippen molar-refractivity contribution < 1.29 is 0 Å². The summed E-state index contributed by atoms with van der Waals surface area (Å²) in [6, 6.07) is 2.08. The molecular weight excluding hydrogens is 272 g/mol. The first kappa shape index (κ1) is 16.8. The zero-order valence-corrected chi connectivity index (χ0v) is 14.1. The molecule has 122 valence electrons. The van der Waals surface area contributed by atoms with E-state index in [-0.39, 0.29) is 0 Å². The highest BCUT2D eigenvalue weighted by molar-refractivity contribution is 5.48. The van der Waals surface area contributed by atoms with Gasteiger partial charge in [-0.05, 0) is 44.9 Å². The molecule has 0 bridgehead atoms. The fraction of sp³-hybridized carbons (Fsp3) is 0.667. The van der Waals surface area contributed by atoms with Gasteiger partial charge in [-0.15, -0.1) is 0 Å². The van der Waals surface area contributed by atoms with E-state index >= 15 is 0 Å². The Morgan fingerprint density at radius 2 is 1.95 bits per heavy atom. The maximum atomic E-state index is 4.44. The van der Waals surface area contributed by atoms with E-state index in [4.69, 9.17) is 0 Å². The Labute approximate surface area is 135 Å². The highest BCUT2D eigenvalue weighted by Crippen LogP contribution is 2.20. The third-order valence-electron chi connectivity index (χ3n) is 4.10. The Morgan fingerprint density at radius 1 is 1.14 bits per heavy atom. The molecule has 0 aromatic carbocycles. The van der Waals surface area contributed by atoms with E-state index in [0.717, 1.165) is 50.5 Å². The second-order valence-corrected chi connectivity index (χ2v) is 6.03. The van der Waals surface area contributed by atoms with E-state index < -0.39 is 0 Å². The van der Waals surface area contributed by atoms with Crippen molar-refractivity contribution in [2.24, 2.45) is 0 Å². The number of hydrogen-bond acceptors (Lipinski definition) is 4. The molecule has 1 aromatic heterocycles. The topological polar surface area (TPSA) is 41.0 Å². The minimum Gasteiger partial charge on any atom is -0.370 e. The van der Waals surface area contributed by atoms with Crippen LogP contribution in [0, 0.1) is 0 Å². The number of aromatic nitrogens is 2. The predicted octanol–water partition coefficient (Wildman–Crippen LogP) is 4.41. The molecule has 0 fully saturated rings. The first-order valence-electron chi connectivity index (χ1n) is 8.82. The van der Waals surface area contributed by atoms with E-state index in [1.807, 2.05) is 0 Å². The summed E-state index contributed by atoms with van der Waals surface area (Å²) in [6.07, 6.45) is 12.8. The van der Waals surface area contributed by atoms with E-state index in [9.17, 15) is 0 Å². The highest BCUT2D eigenvalue weighted by Gasteiger charge is 2.08. The molecular formula is C18H30N4. The Hall–Kier alpha value is -1.58. The molecule has 0 radical (unpaired) electrons. The molecule has 1 N–H and O–H groups in total. The number of rotatable bonds is 9. The summed E-state index contributed by atoms with van der Waals surface area (Å²) in [5.74, 6) is 1.98. The van der Waals surface area contributed by atoms with Crippen molar-refractivity contribution >= 4 is 11.6 Å². The smallest absolute Gasteiger partial charge is 0.134 e. The summed E-state index contributed by atoms with van der Waals surface area (Å²) in [5, 5.41) is 3.45. The molecule has 22 heavy (non-hydrogen) atoms. The van der Waals surface area contributed by atoms with Crippen molar-refractivity contribution in [1.82, 2.24) is 9.97 Å². The van der Waals surface area contributed by atoms with E-state index in [2.05, 4.69) is 46.2 Å². The lowest BCUT2D eigenvalue weighted by atomic mass is 9.97. The van der Waals surface area contributed by atoms with Gasteiger partial charge in [0.15, 0.2) is 0 Å². The van der Waals surface area contributed by atoms with Crippen LogP contribution < -0.4 is 10.2 Å². The van der Waals surface area contributed by atoms with E-state index in [1.54, 1.807) is 11.9 Å². The van der Waals surface area contributed by atoms with Gasteiger partial charge in [0.1, 0.15) is 18.0 Å². The quantitative estimate of drug-likeness (QED) is 0.686. The third kappa shape index (κ3) is 5.32. The SMILES string of the molecule is CCCN(CCC)c1cc(NCCC2=CCCCC2)ncn1. The lowest BCUT2D eigenvalue weighted by Crippen LogP contribution is -2.26. The zero-order chi connectivity index (χ0) is 15.6. The monoisotopic (exact) mass is 302 g/mol. The lowest BCUT2D eigenvalue weighted by molar-refractivity contribution is 0.679. The summed E-state index contributed by atoms with van der Waals surface area (Å²) >= 11 is 0. The summed E-state index contributed by atoms with van der Waals surface area (Å²) in [7, 11) is 0. The van der Waals surface area contributed by atoms with Gasteiger partial charge >= 0.3 is 0 Å². The molecule has 1 aliphatic carbocycles. The van der Waals surface area contributed by atoms with Gasteiger partial charge in [0.25, 0.3) is 0 Å². The third-order valence-corrected chi connectivity index (χ3v) is 4.10. The molecule has 0 aliphatic heterocycles. The molecule has 2 rings (SSSR count). The van der Waals surface area contributed by atoms with Crippen molar-refractivity contribution in [2.75, 3.05) is 29.9 Å². The molecule has 0 atom stereocenters. The molecule has 1 aliphatic rings. The number of nitrogens with one attached hydrogen (secondary N) is 1. The molecule has 0 saturated heterocycles. The number of nitrogens with zero attached hydrogens (tertiary/aromatic N) is 3. The molecule has 4 heteroatoms. The van der Waals surface area contributed by atoms with Crippen LogP contribution in [0.5, 0.6) is 0 Å². The lowest BCUT2D eigenvalue weighted by Gasteiger charge is -2.22. The number of allylic oxidation sites excluding steroid dienone is 1.